The van der Waals surface area contributed by atoms with Gasteiger partial charge >= 0.3 is 5.97 Å². The van der Waals surface area contributed by atoms with E-state index in [0.717, 1.165) is 6.42 Å². The maximum atomic E-state index is 10.6. The molecule has 0 saturated heterocycles. The zero-order valence-electron chi connectivity index (χ0n) is 10.7. The molecule has 6 heteroatoms. The van der Waals surface area contributed by atoms with E-state index < -0.39 is 5.97 Å². The molecule has 0 aliphatic carbocycles. The second-order valence-electron chi connectivity index (χ2n) is 3.93. The van der Waals surface area contributed by atoms with Crippen LogP contribution < -0.4 is 10.1 Å². The van der Waals surface area contributed by atoms with Crippen molar-refractivity contribution in [2.75, 3.05) is 18.5 Å². The Morgan fingerprint density at radius 3 is 2.89 bits per heavy atom. The summed E-state index contributed by atoms with van der Waals surface area (Å²) in [7, 11) is 0. The molecule has 1 unspecified atom stereocenters. The summed E-state index contributed by atoms with van der Waals surface area (Å²) in [5.41, 5.74) is 0. The summed E-state index contributed by atoms with van der Waals surface area (Å²) in [5.74, 6) is 0.480. The quantitative estimate of drug-likeness (QED) is 0.734. The molecular formula is C12H19N3O3. The summed E-state index contributed by atoms with van der Waals surface area (Å²) in [6, 6.07) is 1.71. The summed E-state index contributed by atoms with van der Waals surface area (Å²) in [6.45, 7) is 4.98. The minimum absolute atomic E-state index is 0.0907. The molecule has 0 aliphatic heterocycles. The Balaban J connectivity index is 2.50. The lowest BCUT2D eigenvalue weighted by Crippen LogP contribution is -2.17. The van der Waals surface area contributed by atoms with Gasteiger partial charge in [0.1, 0.15) is 12.1 Å². The van der Waals surface area contributed by atoms with Gasteiger partial charge in [-0.3, -0.25) is 4.79 Å². The standard InChI is InChI=1S/C12H19N3O3/c1-3-9(5-12(16)17)7-13-10-6-11(18-4-2)15-8-14-10/h6,8-9H,3-5,7H2,1-2H3,(H,16,17)(H,13,14,15). The highest BCUT2D eigenvalue weighted by Crippen LogP contribution is 2.13. The van der Waals surface area contributed by atoms with E-state index in [1.165, 1.54) is 6.33 Å². The number of aromatic nitrogens is 2. The molecule has 0 bridgehead atoms. The number of nitrogens with one attached hydrogen (secondary N) is 1. The van der Waals surface area contributed by atoms with Crippen LogP contribution in [0.2, 0.25) is 0 Å². The van der Waals surface area contributed by atoms with Gasteiger partial charge in [-0.15, -0.1) is 0 Å². The molecule has 1 aromatic rings. The van der Waals surface area contributed by atoms with Crippen molar-refractivity contribution in [2.24, 2.45) is 5.92 Å². The number of carbonyl (C=O) groups is 1. The van der Waals surface area contributed by atoms with Crippen LogP contribution in [-0.4, -0.2) is 34.2 Å². The fourth-order valence-electron chi connectivity index (χ4n) is 1.52. The first-order chi connectivity index (χ1) is 8.65. The van der Waals surface area contributed by atoms with Crippen molar-refractivity contribution in [2.45, 2.75) is 26.7 Å². The number of rotatable bonds is 8. The average Bonchev–Trinajstić information content (AvgIpc) is 2.35. The average molecular weight is 253 g/mol. The Bertz CT molecular complexity index is 385. The second kappa shape index (κ2) is 7.47. The summed E-state index contributed by atoms with van der Waals surface area (Å²) in [5, 5.41) is 11.9. The monoisotopic (exact) mass is 253 g/mol. The zero-order valence-corrected chi connectivity index (χ0v) is 10.7. The van der Waals surface area contributed by atoms with Gasteiger partial charge in [0.05, 0.1) is 6.61 Å². The van der Waals surface area contributed by atoms with E-state index in [-0.39, 0.29) is 12.3 Å². The zero-order chi connectivity index (χ0) is 13.4. The minimum atomic E-state index is -0.777. The third kappa shape index (κ3) is 4.99. The number of hydrogen-bond acceptors (Lipinski definition) is 5. The van der Waals surface area contributed by atoms with Crippen LogP contribution in [-0.2, 0) is 4.79 Å². The van der Waals surface area contributed by atoms with Crippen LogP contribution >= 0.6 is 0 Å². The van der Waals surface area contributed by atoms with Crippen LogP contribution in [0.15, 0.2) is 12.4 Å². The lowest BCUT2D eigenvalue weighted by atomic mass is 10.0. The Morgan fingerprint density at radius 2 is 2.28 bits per heavy atom. The van der Waals surface area contributed by atoms with Gasteiger partial charge in [0.25, 0.3) is 0 Å². The van der Waals surface area contributed by atoms with Crippen LogP contribution in [0.1, 0.15) is 26.7 Å². The van der Waals surface area contributed by atoms with E-state index in [9.17, 15) is 4.79 Å². The van der Waals surface area contributed by atoms with Crippen molar-refractivity contribution in [1.82, 2.24) is 9.97 Å². The van der Waals surface area contributed by atoms with E-state index in [1.54, 1.807) is 6.07 Å². The van der Waals surface area contributed by atoms with Crippen molar-refractivity contribution >= 4 is 11.8 Å². The SMILES string of the molecule is CCOc1cc(NCC(CC)CC(=O)O)ncn1. The van der Waals surface area contributed by atoms with Gasteiger partial charge in [-0.2, -0.15) is 0 Å². The molecule has 1 rings (SSSR count). The smallest absolute Gasteiger partial charge is 0.303 e. The summed E-state index contributed by atoms with van der Waals surface area (Å²) >= 11 is 0. The number of aliphatic carboxylic acids is 1. The molecule has 1 heterocycles. The number of hydrogen-bond donors (Lipinski definition) is 2. The fourth-order valence-corrected chi connectivity index (χ4v) is 1.52. The molecule has 1 aromatic heterocycles. The molecule has 6 nitrogen and oxygen atoms in total. The van der Waals surface area contributed by atoms with Crippen molar-refractivity contribution in [3.63, 3.8) is 0 Å². The van der Waals surface area contributed by atoms with Crippen LogP contribution in [0.3, 0.4) is 0 Å². The molecule has 0 aliphatic rings. The Hall–Kier alpha value is -1.85. The van der Waals surface area contributed by atoms with Gasteiger partial charge in [-0.25, -0.2) is 9.97 Å². The van der Waals surface area contributed by atoms with E-state index in [1.807, 2.05) is 13.8 Å². The highest BCUT2D eigenvalue weighted by Gasteiger charge is 2.11. The fraction of sp³-hybridized carbons (Fsp3) is 0.583. The first-order valence-corrected chi connectivity index (χ1v) is 6.06. The molecule has 100 valence electrons. The number of ether oxygens (including phenoxy) is 1. The largest absolute Gasteiger partial charge is 0.481 e. The highest BCUT2D eigenvalue weighted by atomic mass is 16.5. The number of anilines is 1. The van der Waals surface area contributed by atoms with Crippen LogP contribution in [0.25, 0.3) is 0 Å². The van der Waals surface area contributed by atoms with Crippen LogP contribution in [0, 0.1) is 5.92 Å². The Kier molecular flexibility index (Phi) is 5.90. The molecule has 18 heavy (non-hydrogen) atoms. The van der Waals surface area contributed by atoms with Crippen molar-refractivity contribution in [1.29, 1.82) is 0 Å². The van der Waals surface area contributed by atoms with Gasteiger partial charge in [0.15, 0.2) is 0 Å². The third-order valence-electron chi connectivity index (χ3n) is 2.55. The molecule has 0 amide bonds. The first-order valence-electron chi connectivity index (χ1n) is 6.06. The molecule has 0 aromatic carbocycles. The summed E-state index contributed by atoms with van der Waals surface area (Å²) in [6.07, 6.45) is 2.39. The number of nitrogens with zero attached hydrogens (tertiary/aromatic N) is 2. The molecule has 1 atom stereocenters. The van der Waals surface area contributed by atoms with E-state index in [0.29, 0.717) is 24.8 Å². The van der Waals surface area contributed by atoms with Gasteiger partial charge in [0, 0.05) is 19.0 Å². The van der Waals surface area contributed by atoms with Crippen LogP contribution in [0.5, 0.6) is 5.88 Å². The molecule has 0 fully saturated rings. The highest BCUT2D eigenvalue weighted by molar-refractivity contribution is 5.67. The van der Waals surface area contributed by atoms with E-state index in [2.05, 4.69) is 15.3 Å². The normalized spacial score (nSPS) is 11.9. The lowest BCUT2D eigenvalue weighted by Gasteiger charge is -2.14. The maximum absolute atomic E-state index is 10.6. The van der Waals surface area contributed by atoms with Crippen molar-refractivity contribution in [3.05, 3.63) is 12.4 Å². The first kappa shape index (κ1) is 14.2. The van der Waals surface area contributed by atoms with Crippen molar-refractivity contribution < 1.29 is 14.6 Å². The topological polar surface area (TPSA) is 84.3 Å². The molecule has 0 saturated carbocycles. The van der Waals surface area contributed by atoms with Gasteiger partial charge in [-0.05, 0) is 12.8 Å². The summed E-state index contributed by atoms with van der Waals surface area (Å²) in [4.78, 5) is 18.7. The second-order valence-corrected chi connectivity index (χ2v) is 3.93. The van der Waals surface area contributed by atoms with Gasteiger partial charge < -0.3 is 15.2 Å². The lowest BCUT2D eigenvalue weighted by molar-refractivity contribution is -0.138. The molecule has 2 N–H and O–H groups in total. The summed E-state index contributed by atoms with van der Waals surface area (Å²) < 4.78 is 5.26. The molecule has 0 radical (unpaired) electrons. The Labute approximate surface area is 106 Å². The predicted octanol–water partition coefficient (Wildman–Crippen LogP) is 1.79. The van der Waals surface area contributed by atoms with E-state index >= 15 is 0 Å². The number of carboxylic acid groups (broad SMARTS) is 1. The van der Waals surface area contributed by atoms with Crippen LogP contribution in [0.4, 0.5) is 5.82 Å². The third-order valence-corrected chi connectivity index (χ3v) is 2.55. The minimum Gasteiger partial charge on any atom is -0.481 e. The molecule has 0 spiro atoms. The number of carboxylic acids is 1. The Morgan fingerprint density at radius 1 is 1.50 bits per heavy atom. The van der Waals surface area contributed by atoms with Gasteiger partial charge in [0.2, 0.25) is 5.88 Å². The predicted molar refractivity (Wildman–Crippen MR) is 67.7 cm³/mol. The van der Waals surface area contributed by atoms with E-state index in [4.69, 9.17) is 9.84 Å². The van der Waals surface area contributed by atoms with Crippen molar-refractivity contribution in [3.8, 4) is 5.88 Å². The van der Waals surface area contributed by atoms with Gasteiger partial charge in [-0.1, -0.05) is 13.3 Å². The molecular weight excluding hydrogens is 234 g/mol. The maximum Gasteiger partial charge on any atom is 0.303 e.